The number of thiophene rings is 1. The van der Waals surface area contributed by atoms with E-state index in [2.05, 4.69) is 43.3 Å². The number of nitrogens with zero attached hydrogens (tertiary/aromatic N) is 2. The maximum Gasteiger partial charge on any atom is 0.217 e. The van der Waals surface area contributed by atoms with Gasteiger partial charge in [-0.1, -0.05) is 0 Å². The minimum atomic E-state index is -0.000311. The van der Waals surface area contributed by atoms with E-state index in [1.165, 1.54) is 42.6 Å². The Balaban J connectivity index is 1.49. The molecule has 0 unspecified atom stereocenters. The lowest BCUT2D eigenvalue weighted by molar-refractivity contribution is -0.0814. The van der Waals surface area contributed by atoms with Crippen molar-refractivity contribution in [2.45, 2.75) is 24.9 Å². The average molecular weight is 377 g/mol. The first-order chi connectivity index (χ1) is 10.7. The third-order valence-corrected chi connectivity index (χ3v) is 6.94. The van der Waals surface area contributed by atoms with E-state index in [0.717, 1.165) is 22.6 Å². The number of pyridine rings is 1. The maximum atomic E-state index is 6.41. The number of halogens is 1. The Kier molecular flexibility index (Phi) is 2.94. The fourth-order valence-electron chi connectivity index (χ4n) is 4.33. The van der Waals surface area contributed by atoms with Crippen LogP contribution in [0.2, 0.25) is 0 Å². The summed E-state index contributed by atoms with van der Waals surface area (Å²) in [4.78, 5) is 7.18. The smallest absolute Gasteiger partial charge is 0.217 e. The molecular weight excluding hydrogens is 360 g/mol. The Labute approximate surface area is 142 Å². The molecule has 2 aromatic rings. The molecule has 3 fully saturated rings. The summed E-state index contributed by atoms with van der Waals surface area (Å²) in [7, 11) is 0. The molecule has 2 aromatic heterocycles. The standard InChI is InChI=1S/C17H17BrN2OS/c18-15-6-13(9-22-15)12-5-11-7-17(21-16(11)19-8-12)10-20-3-1-14(17)2-4-20/h5-6,8-9,14H,1-4,7,10H2/t17-/m0/s1. The van der Waals surface area contributed by atoms with Gasteiger partial charge in [0.2, 0.25) is 5.88 Å². The van der Waals surface area contributed by atoms with E-state index in [9.17, 15) is 0 Å². The van der Waals surface area contributed by atoms with E-state index in [0.29, 0.717) is 5.92 Å². The average Bonchev–Trinajstić information content (AvgIpc) is 3.11. The largest absolute Gasteiger partial charge is 0.469 e. The quantitative estimate of drug-likeness (QED) is 0.752. The van der Waals surface area contributed by atoms with E-state index in [4.69, 9.17) is 4.74 Å². The fourth-order valence-corrected chi connectivity index (χ4v) is 5.49. The summed E-state index contributed by atoms with van der Waals surface area (Å²) in [5.74, 6) is 1.57. The Hall–Kier alpha value is -0.910. The number of fused-ring (bicyclic) bond motifs is 3. The molecule has 0 N–H and O–H groups in total. The van der Waals surface area contributed by atoms with E-state index < -0.39 is 0 Å². The van der Waals surface area contributed by atoms with Crippen LogP contribution in [0, 0.1) is 5.92 Å². The Morgan fingerprint density at radius 2 is 2.14 bits per heavy atom. The predicted molar refractivity (Wildman–Crippen MR) is 91.5 cm³/mol. The van der Waals surface area contributed by atoms with Crippen LogP contribution in [-0.2, 0) is 6.42 Å². The Morgan fingerprint density at radius 3 is 2.82 bits per heavy atom. The number of ether oxygens (including phenoxy) is 1. The van der Waals surface area contributed by atoms with Gasteiger partial charge >= 0.3 is 0 Å². The second-order valence-corrected chi connectivity index (χ2v) is 9.01. The molecule has 0 saturated carbocycles. The third kappa shape index (κ3) is 1.99. The molecule has 3 saturated heterocycles. The molecule has 22 heavy (non-hydrogen) atoms. The zero-order valence-electron chi connectivity index (χ0n) is 12.2. The molecular formula is C17H17BrN2OS. The van der Waals surface area contributed by atoms with Gasteiger partial charge in [0.15, 0.2) is 0 Å². The van der Waals surface area contributed by atoms with Gasteiger partial charge in [0.25, 0.3) is 0 Å². The molecule has 0 aliphatic carbocycles. The molecule has 2 bridgehead atoms. The van der Waals surface area contributed by atoms with Gasteiger partial charge in [0, 0.05) is 36.2 Å². The first-order valence-electron chi connectivity index (χ1n) is 7.87. The SMILES string of the molecule is Brc1cc(-c2cnc3c(c2)C[C@@]2(CN4CCC2CC4)O3)cs1. The summed E-state index contributed by atoms with van der Waals surface area (Å²) in [5.41, 5.74) is 3.72. The summed E-state index contributed by atoms with van der Waals surface area (Å²) in [6.07, 6.45) is 5.53. The highest BCUT2D eigenvalue weighted by atomic mass is 79.9. The molecule has 0 radical (unpaired) electrons. The van der Waals surface area contributed by atoms with E-state index in [-0.39, 0.29) is 5.60 Å². The van der Waals surface area contributed by atoms with Crippen LogP contribution >= 0.6 is 27.3 Å². The van der Waals surface area contributed by atoms with Crippen LogP contribution in [0.15, 0.2) is 27.5 Å². The molecule has 114 valence electrons. The summed E-state index contributed by atoms with van der Waals surface area (Å²) in [5, 5.41) is 2.17. The number of aromatic nitrogens is 1. The van der Waals surface area contributed by atoms with Crippen LogP contribution < -0.4 is 4.74 Å². The van der Waals surface area contributed by atoms with Crippen molar-refractivity contribution in [3.05, 3.63) is 33.1 Å². The van der Waals surface area contributed by atoms with Crippen molar-refractivity contribution in [3.8, 4) is 17.0 Å². The summed E-state index contributed by atoms with van der Waals surface area (Å²) in [6.45, 7) is 3.56. The highest BCUT2D eigenvalue weighted by molar-refractivity contribution is 9.11. The van der Waals surface area contributed by atoms with E-state index >= 15 is 0 Å². The van der Waals surface area contributed by atoms with Gasteiger partial charge in [0.05, 0.1) is 3.79 Å². The zero-order chi connectivity index (χ0) is 14.7. The molecule has 5 heteroatoms. The highest BCUT2D eigenvalue weighted by Gasteiger charge is 2.52. The van der Waals surface area contributed by atoms with Crippen molar-refractivity contribution < 1.29 is 4.74 Å². The van der Waals surface area contributed by atoms with E-state index in [1.807, 2.05) is 6.20 Å². The van der Waals surface area contributed by atoms with Crippen molar-refractivity contribution in [2.24, 2.45) is 5.92 Å². The Morgan fingerprint density at radius 1 is 1.27 bits per heavy atom. The maximum absolute atomic E-state index is 6.41. The normalized spacial score (nSPS) is 32.2. The molecule has 3 nitrogen and oxygen atoms in total. The minimum Gasteiger partial charge on any atom is -0.469 e. The van der Waals surface area contributed by atoms with Gasteiger partial charge in [0.1, 0.15) is 5.60 Å². The molecule has 6 rings (SSSR count). The number of piperidine rings is 3. The van der Waals surface area contributed by atoms with Crippen LogP contribution in [-0.4, -0.2) is 35.1 Å². The zero-order valence-corrected chi connectivity index (χ0v) is 14.6. The van der Waals surface area contributed by atoms with E-state index in [1.54, 1.807) is 11.3 Å². The minimum absolute atomic E-state index is 0.000311. The molecule has 1 atom stereocenters. The lowest BCUT2D eigenvalue weighted by Crippen LogP contribution is -2.61. The van der Waals surface area contributed by atoms with Crippen LogP contribution in [0.5, 0.6) is 5.88 Å². The van der Waals surface area contributed by atoms with Crippen LogP contribution in [0.1, 0.15) is 18.4 Å². The fraction of sp³-hybridized carbons (Fsp3) is 0.471. The first-order valence-corrected chi connectivity index (χ1v) is 9.54. The molecule has 0 amide bonds. The van der Waals surface area contributed by atoms with Crippen molar-refractivity contribution in [1.29, 1.82) is 0 Å². The topological polar surface area (TPSA) is 25.4 Å². The molecule has 0 aromatic carbocycles. The molecule has 1 spiro atoms. The lowest BCUT2D eigenvalue weighted by Gasteiger charge is -2.50. The second kappa shape index (κ2) is 4.79. The third-order valence-electron chi connectivity index (χ3n) is 5.44. The highest BCUT2D eigenvalue weighted by Crippen LogP contribution is 2.46. The summed E-state index contributed by atoms with van der Waals surface area (Å²) < 4.78 is 7.57. The number of hydrogen-bond donors (Lipinski definition) is 0. The molecule has 4 aliphatic heterocycles. The summed E-state index contributed by atoms with van der Waals surface area (Å²) in [6, 6.07) is 4.44. The van der Waals surface area contributed by atoms with Gasteiger partial charge in [-0.3, -0.25) is 4.90 Å². The monoisotopic (exact) mass is 376 g/mol. The van der Waals surface area contributed by atoms with Gasteiger partial charge in [-0.15, -0.1) is 11.3 Å². The lowest BCUT2D eigenvalue weighted by atomic mass is 9.73. The van der Waals surface area contributed by atoms with Crippen LogP contribution in [0.3, 0.4) is 0 Å². The van der Waals surface area contributed by atoms with Gasteiger partial charge < -0.3 is 4.74 Å². The first kappa shape index (κ1) is 13.5. The van der Waals surface area contributed by atoms with Crippen molar-refractivity contribution in [1.82, 2.24) is 9.88 Å². The van der Waals surface area contributed by atoms with Crippen molar-refractivity contribution in [2.75, 3.05) is 19.6 Å². The van der Waals surface area contributed by atoms with Crippen molar-refractivity contribution >= 4 is 27.3 Å². The van der Waals surface area contributed by atoms with Crippen LogP contribution in [0.25, 0.3) is 11.1 Å². The molecule has 6 heterocycles. The van der Waals surface area contributed by atoms with Gasteiger partial charge in [-0.25, -0.2) is 4.98 Å². The van der Waals surface area contributed by atoms with Gasteiger partial charge in [-0.2, -0.15) is 0 Å². The van der Waals surface area contributed by atoms with Crippen molar-refractivity contribution in [3.63, 3.8) is 0 Å². The van der Waals surface area contributed by atoms with Gasteiger partial charge in [-0.05, 0) is 64.9 Å². The summed E-state index contributed by atoms with van der Waals surface area (Å²) >= 11 is 5.25. The second-order valence-electron chi connectivity index (χ2n) is 6.72. The molecule has 4 aliphatic rings. The Bertz CT molecular complexity index is 738. The predicted octanol–water partition coefficient (Wildman–Crippen LogP) is 3.97. The number of hydrogen-bond acceptors (Lipinski definition) is 4. The van der Waals surface area contributed by atoms with Crippen LogP contribution in [0.4, 0.5) is 0 Å². The number of rotatable bonds is 1.